The number of piperidine rings is 1. The Bertz CT molecular complexity index is 238. The van der Waals surface area contributed by atoms with Gasteiger partial charge in [0.1, 0.15) is 0 Å². The van der Waals surface area contributed by atoms with E-state index in [0.29, 0.717) is 5.92 Å². The Kier molecular flexibility index (Phi) is 17.1. The monoisotopic (exact) mass is 278 g/mol. The quantitative estimate of drug-likeness (QED) is 0.641. The van der Waals surface area contributed by atoms with E-state index in [4.69, 9.17) is 5.26 Å². The minimum absolute atomic E-state index is 0.357. The van der Waals surface area contributed by atoms with E-state index in [0.717, 1.165) is 18.9 Å². The van der Waals surface area contributed by atoms with Crippen molar-refractivity contribution in [2.75, 3.05) is 13.1 Å². The third-order valence-electron chi connectivity index (χ3n) is 3.79. The van der Waals surface area contributed by atoms with Gasteiger partial charge in [0.05, 0.1) is 6.07 Å². The number of hydrogen-bond acceptors (Lipinski definition) is 2. The minimum Gasteiger partial charge on any atom is -0.300 e. The normalized spacial score (nSPS) is 25.2. The van der Waals surface area contributed by atoms with E-state index >= 15 is 0 Å². The summed E-state index contributed by atoms with van der Waals surface area (Å²) in [5.74, 6) is 0.357. The SMILES string of the molecule is C#C.CC.CC.N#CC1CCC(N2CCCCC2)CC1. The summed E-state index contributed by atoms with van der Waals surface area (Å²) in [5, 5.41) is 8.82. The molecule has 2 aliphatic rings. The van der Waals surface area contributed by atoms with Crippen LogP contribution in [0.4, 0.5) is 0 Å². The number of rotatable bonds is 1. The summed E-state index contributed by atoms with van der Waals surface area (Å²) >= 11 is 0. The summed E-state index contributed by atoms with van der Waals surface area (Å²) in [6, 6.07) is 3.21. The average molecular weight is 278 g/mol. The number of likely N-dealkylation sites (tertiary alicyclic amines) is 1. The predicted molar refractivity (Wildman–Crippen MR) is 89.4 cm³/mol. The third kappa shape index (κ3) is 8.23. The Morgan fingerprint density at radius 3 is 1.70 bits per heavy atom. The van der Waals surface area contributed by atoms with E-state index in [1.807, 2.05) is 27.7 Å². The standard InChI is InChI=1S/C12H20N2.2C2H6.C2H2/c13-10-11-4-6-12(7-5-11)14-8-2-1-3-9-14;3*1-2/h11-12H,1-9H2;2*1-2H3;1-2H. The molecule has 0 aromatic rings. The maximum absolute atomic E-state index is 8.82. The van der Waals surface area contributed by atoms with E-state index in [9.17, 15) is 0 Å². The molecular formula is C18H34N2. The molecule has 0 atom stereocenters. The Labute approximate surface area is 127 Å². The van der Waals surface area contributed by atoms with E-state index < -0.39 is 0 Å². The first-order valence-electron chi connectivity index (χ1n) is 8.37. The second-order valence-electron chi connectivity index (χ2n) is 4.73. The molecular weight excluding hydrogens is 244 g/mol. The molecule has 0 aromatic heterocycles. The molecule has 0 N–H and O–H groups in total. The van der Waals surface area contributed by atoms with Gasteiger partial charge in [0.2, 0.25) is 0 Å². The molecule has 2 heteroatoms. The summed E-state index contributed by atoms with van der Waals surface area (Å²) < 4.78 is 0. The van der Waals surface area contributed by atoms with Gasteiger partial charge in [0, 0.05) is 12.0 Å². The summed E-state index contributed by atoms with van der Waals surface area (Å²) in [6.45, 7) is 10.6. The van der Waals surface area contributed by atoms with Crippen LogP contribution in [0.25, 0.3) is 0 Å². The second-order valence-corrected chi connectivity index (χ2v) is 4.73. The molecule has 0 bridgehead atoms. The molecule has 116 valence electrons. The average Bonchev–Trinajstić information content (AvgIpc) is 2.61. The van der Waals surface area contributed by atoms with Crippen LogP contribution in [0.1, 0.15) is 72.6 Å². The van der Waals surface area contributed by atoms with Crippen molar-refractivity contribution >= 4 is 0 Å². The molecule has 1 heterocycles. The van der Waals surface area contributed by atoms with Crippen molar-refractivity contribution in [1.29, 1.82) is 5.26 Å². The lowest BCUT2D eigenvalue weighted by atomic mass is 9.85. The lowest BCUT2D eigenvalue weighted by Gasteiger charge is -2.37. The van der Waals surface area contributed by atoms with Crippen molar-refractivity contribution < 1.29 is 0 Å². The molecule has 0 unspecified atom stereocenters. The van der Waals surface area contributed by atoms with Crippen molar-refractivity contribution in [3.05, 3.63) is 0 Å². The molecule has 2 fully saturated rings. The van der Waals surface area contributed by atoms with Gasteiger partial charge in [0.15, 0.2) is 0 Å². The van der Waals surface area contributed by atoms with Crippen LogP contribution in [0.15, 0.2) is 0 Å². The lowest BCUT2D eigenvalue weighted by Crippen LogP contribution is -2.41. The van der Waals surface area contributed by atoms with E-state index in [1.165, 1.54) is 45.2 Å². The first-order chi connectivity index (χ1) is 9.90. The van der Waals surface area contributed by atoms with Crippen LogP contribution in [0.3, 0.4) is 0 Å². The summed E-state index contributed by atoms with van der Waals surface area (Å²) in [7, 11) is 0. The van der Waals surface area contributed by atoms with Gasteiger partial charge in [-0.2, -0.15) is 5.26 Å². The second kappa shape index (κ2) is 16.1. The van der Waals surface area contributed by atoms with E-state index in [1.54, 1.807) is 0 Å². The maximum Gasteiger partial charge on any atom is 0.0655 e. The molecule has 1 aliphatic heterocycles. The first-order valence-corrected chi connectivity index (χ1v) is 8.37. The molecule has 0 amide bonds. The Morgan fingerprint density at radius 1 is 0.850 bits per heavy atom. The Hall–Kier alpha value is -0.990. The molecule has 20 heavy (non-hydrogen) atoms. The van der Waals surface area contributed by atoms with Crippen LogP contribution in [0, 0.1) is 30.1 Å². The third-order valence-corrected chi connectivity index (χ3v) is 3.79. The number of terminal acetylenes is 1. The smallest absolute Gasteiger partial charge is 0.0655 e. The largest absolute Gasteiger partial charge is 0.300 e. The van der Waals surface area contributed by atoms with Gasteiger partial charge in [-0.1, -0.05) is 34.1 Å². The van der Waals surface area contributed by atoms with Gasteiger partial charge in [-0.25, -0.2) is 0 Å². The lowest BCUT2D eigenvalue weighted by molar-refractivity contribution is 0.122. The number of nitriles is 1. The highest BCUT2D eigenvalue weighted by molar-refractivity contribution is 4.90. The van der Waals surface area contributed by atoms with Crippen molar-refractivity contribution in [1.82, 2.24) is 4.90 Å². The highest BCUT2D eigenvalue weighted by Crippen LogP contribution is 2.28. The Balaban J connectivity index is 0. The van der Waals surface area contributed by atoms with Gasteiger partial charge < -0.3 is 4.90 Å². The van der Waals surface area contributed by atoms with E-state index in [2.05, 4.69) is 23.8 Å². The minimum atomic E-state index is 0.357. The summed E-state index contributed by atoms with van der Waals surface area (Å²) in [5.41, 5.74) is 0. The Morgan fingerprint density at radius 2 is 1.30 bits per heavy atom. The highest BCUT2D eigenvalue weighted by Gasteiger charge is 2.26. The van der Waals surface area contributed by atoms with Crippen LogP contribution in [-0.4, -0.2) is 24.0 Å². The van der Waals surface area contributed by atoms with Crippen LogP contribution in [0.5, 0.6) is 0 Å². The van der Waals surface area contributed by atoms with Gasteiger partial charge >= 0.3 is 0 Å². The van der Waals surface area contributed by atoms with Crippen LogP contribution in [-0.2, 0) is 0 Å². The van der Waals surface area contributed by atoms with E-state index in [-0.39, 0.29) is 0 Å². The molecule has 1 aliphatic carbocycles. The zero-order valence-electron chi connectivity index (χ0n) is 14.1. The van der Waals surface area contributed by atoms with Crippen LogP contribution >= 0.6 is 0 Å². The van der Waals surface area contributed by atoms with Gasteiger partial charge in [-0.3, -0.25) is 0 Å². The maximum atomic E-state index is 8.82. The fraction of sp³-hybridized carbons (Fsp3) is 0.833. The summed E-state index contributed by atoms with van der Waals surface area (Å²) in [4.78, 5) is 2.66. The number of nitrogens with zero attached hydrogens (tertiary/aromatic N) is 2. The van der Waals surface area contributed by atoms with Crippen molar-refractivity contribution in [2.45, 2.75) is 78.7 Å². The van der Waals surface area contributed by atoms with Crippen LogP contribution < -0.4 is 0 Å². The molecule has 0 spiro atoms. The van der Waals surface area contributed by atoms with Gasteiger partial charge in [0.25, 0.3) is 0 Å². The summed E-state index contributed by atoms with van der Waals surface area (Å²) in [6.07, 6.45) is 17.0. The fourth-order valence-electron chi connectivity index (χ4n) is 2.85. The molecule has 1 saturated heterocycles. The molecule has 0 aromatic carbocycles. The van der Waals surface area contributed by atoms with Crippen LogP contribution in [0.2, 0.25) is 0 Å². The first kappa shape index (κ1) is 21.3. The topological polar surface area (TPSA) is 27.0 Å². The van der Waals surface area contributed by atoms with Gasteiger partial charge in [-0.05, 0) is 51.6 Å². The van der Waals surface area contributed by atoms with Crippen molar-refractivity contribution in [2.24, 2.45) is 5.92 Å². The number of hydrogen-bond donors (Lipinski definition) is 0. The van der Waals surface area contributed by atoms with Crippen molar-refractivity contribution in [3.63, 3.8) is 0 Å². The molecule has 1 saturated carbocycles. The fourth-order valence-corrected chi connectivity index (χ4v) is 2.85. The van der Waals surface area contributed by atoms with Crippen molar-refractivity contribution in [3.8, 4) is 18.9 Å². The molecule has 2 rings (SSSR count). The molecule has 2 nitrogen and oxygen atoms in total. The predicted octanol–water partition coefficient (Wildman–Crippen LogP) is 4.86. The highest BCUT2D eigenvalue weighted by atomic mass is 15.2. The molecule has 0 radical (unpaired) electrons. The van der Waals surface area contributed by atoms with Gasteiger partial charge in [-0.15, -0.1) is 12.8 Å². The zero-order chi connectivity index (χ0) is 15.8. The zero-order valence-corrected chi connectivity index (χ0v) is 14.1.